The molecule has 0 aliphatic heterocycles. The lowest BCUT2D eigenvalue weighted by molar-refractivity contribution is 0.629. The molecule has 0 aliphatic carbocycles. The van der Waals surface area contributed by atoms with Crippen LogP contribution in [0.3, 0.4) is 0 Å². The maximum Gasteiger partial charge on any atom is 0.125 e. The Kier molecular flexibility index (Phi) is 3.94. The molecule has 0 aliphatic rings. The van der Waals surface area contributed by atoms with E-state index >= 15 is 0 Å². The highest BCUT2D eigenvalue weighted by Gasteiger charge is 2.04. The number of aromatic amines is 1. The molecule has 0 bridgehead atoms. The van der Waals surface area contributed by atoms with Crippen LogP contribution >= 0.6 is 11.6 Å². The van der Waals surface area contributed by atoms with E-state index in [0.717, 1.165) is 17.0 Å². The maximum absolute atomic E-state index is 13.1. The fourth-order valence-electron chi connectivity index (χ4n) is 2.19. The number of imidazole rings is 1. The normalized spacial score (nSPS) is 10.6. The number of aromatic nitrogens is 2. The van der Waals surface area contributed by atoms with Gasteiger partial charge in [-0.3, -0.25) is 0 Å². The van der Waals surface area contributed by atoms with Crippen molar-refractivity contribution in [2.75, 3.05) is 11.9 Å². The number of anilines is 1. The van der Waals surface area contributed by atoms with E-state index in [1.807, 2.05) is 6.07 Å². The van der Waals surface area contributed by atoms with E-state index in [1.54, 1.807) is 24.3 Å². The van der Waals surface area contributed by atoms with Crippen molar-refractivity contribution in [1.82, 2.24) is 9.97 Å². The summed E-state index contributed by atoms with van der Waals surface area (Å²) in [6.07, 6.45) is 0.661. The van der Waals surface area contributed by atoms with Gasteiger partial charge in [-0.25, -0.2) is 9.37 Å². The van der Waals surface area contributed by atoms with Crippen LogP contribution in [0.15, 0.2) is 36.4 Å². The first-order valence-electron chi connectivity index (χ1n) is 6.73. The Hall–Kier alpha value is -2.58. The van der Waals surface area contributed by atoms with Gasteiger partial charge in [0.1, 0.15) is 17.7 Å². The second kappa shape index (κ2) is 6.04. The van der Waals surface area contributed by atoms with E-state index in [-0.39, 0.29) is 5.82 Å². The summed E-state index contributed by atoms with van der Waals surface area (Å²) in [4.78, 5) is 7.49. The van der Waals surface area contributed by atoms with E-state index in [2.05, 4.69) is 15.3 Å². The number of halogens is 2. The molecule has 0 radical (unpaired) electrons. The highest BCUT2D eigenvalue weighted by molar-refractivity contribution is 6.32. The number of fused-ring (bicyclic) bond motifs is 1. The van der Waals surface area contributed by atoms with Crippen LogP contribution < -0.4 is 5.32 Å². The van der Waals surface area contributed by atoms with Crippen molar-refractivity contribution < 1.29 is 4.39 Å². The van der Waals surface area contributed by atoms with Crippen LogP contribution in [0.4, 0.5) is 10.1 Å². The number of nitrogens with zero attached hydrogens (tertiary/aromatic N) is 2. The van der Waals surface area contributed by atoms with Crippen molar-refractivity contribution in [2.45, 2.75) is 6.42 Å². The van der Waals surface area contributed by atoms with Gasteiger partial charge in [0.15, 0.2) is 0 Å². The number of nitrogens with one attached hydrogen (secondary N) is 2. The fraction of sp³-hybridized carbons (Fsp3) is 0.125. The lowest BCUT2D eigenvalue weighted by Gasteiger charge is -2.06. The van der Waals surface area contributed by atoms with Crippen molar-refractivity contribution in [1.29, 1.82) is 5.26 Å². The van der Waals surface area contributed by atoms with Gasteiger partial charge >= 0.3 is 0 Å². The van der Waals surface area contributed by atoms with Crippen LogP contribution in [0.5, 0.6) is 0 Å². The Morgan fingerprint density at radius 3 is 2.91 bits per heavy atom. The minimum atomic E-state index is -0.284. The summed E-state index contributed by atoms with van der Waals surface area (Å²) in [5.41, 5.74) is 2.73. The predicted octanol–water partition coefficient (Wildman–Crippen LogP) is 3.88. The molecule has 6 heteroatoms. The summed E-state index contributed by atoms with van der Waals surface area (Å²) < 4.78 is 13.1. The highest BCUT2D eigenvalue weighted by Crippen LogP contribution is 2.20. The number of rotatable bonds is 4. The van der Waals surface area contributed by atoms with Gasteiger partial charge in [-0.1, -0.05) is 11.6 Å². The average Bonchev–Trinajstić information content (AvgIpc) is 2.89. The highest BCUT2D eigenvalue weighted by atomic mass is 35.5. The molecule has 3 rings (SSSR count). The summed E-state index contributed by atoms with van der Waals surface area (Å²) in [5.74, 6) is 0.501. The summed E-state index contributed by atoms with van der Waals surface area (Å²) in [5, 5.41) is 12.5. The van der Waals surface area contributed by atoms with E-state index in [1.165, 1.54) is 12.1 Å². The Labute approximate surface area is 131 Å². The largest absolute Gasteiger partial charge is 0.385 e. The molecular weight excluding hydrogens is 303 g/mol. The van der Waals surface area contributed by atoms with Crippen molar-refractivity contribution in [3.8, 4) is 6.07 Å². The third kappa shape index (κ3) is 3.02. The van der Waals surface area contributed by atoms with Crippen molar-refractivity contribution >= 4 is 28.3 Å². The van der Waals surface area contributed by atoms with Crippen LogP contribution in [-0.4, -0.2) is 16.5 Å². The first kappa shape index (κ1) is 14.4. The van der Waals surface area contributed by atoms with Crippen LogP contribution in [0.25, 0.3) is 11.0 Å². The molecule has 0 unspecified atom stereocenters. The van der Waals surface area contributed by atoms with Crippen molar-refractivity contribution in [3.05, 3.63) is 58.6 Å². The SMILES string of the molecule is N#Cc1ccc(NCCc2nc3ccc(F)cc3[nH]2)cc1Cl. The van der Waals surface area contributed by atoms with Crippen LogP contribution in [0.1, 0.15) is 11.4 Å². The first-order chi connectivity index (χ1) is 10.7. The molecule has 0 saturated carbocycles. The Balaban J connectivity index is 1.64. The quantitative estimate of drug-likeness (QED) is 0.768. The summed E-state index contributed by atoms with van der Waals surface area (Å²) >= 11 is 5.98. The number of H-pyrrole nitrogens is 1. The standard InChI is InChI=1S/C16H12ClFN4/c17-13-8-12(3-1-10(13)9-19)20-6-5-16-21-14-4-2-11(18)7-15(14)22-16/h1-4,7-8,20H,5-6H2,(H,21,22). The molecule has 1 heterocycles. The Morgan fingerprint density at radius 2 is 2.14 bits per heavy atom. The zero-order valence-electron chi connectivity index (χ0n) is 11.5. The zero-order valence-corrected chi connectivity index (χ0v) is 12.3. The molecule has 110 valence electrons. The number of hydrogen-bond acceptors (Lipinski definition) is 3. The third-order valence-electron chi connectivity index (χ3n) is 3.27. The van der Waals surface area contributed by atoms with E-state index in [4.69, 9.17) is 16.9 Å². The monoisotopic (exact) mass is 314 g/mol. The molecule has 0 saturated heterocycles. The number of nitriles is 1. The number of hydrogen-bond donors (Lipinski definition) is 2. The van der Waals surface area contributed by atoms with Crippen LogP contribution in [0.2, 0.25) is 5.02 Å². The minimum Gasteiger partial charge on any atom is -0.385 e. The molecule has 22 heavy (non-hydrogen) atoms. The topological polar surface area (TPSA) is 64.5 Å². The van der Waals surface area contributed by atoms with Gasteiger partial charge in [-0.15, -0.1) is 0 Å². The van der Waals surface area contributed by atoms with E-state index in [9.17, 15) is 4.39 Å². The maximum atomic E-state index is 13.1. The van der Waals surface area contributed by atoms with Gasteiger partial charge in [-0.2, -0.15) is 5.26 Å². The molecule has 3 aromatic rings. The molecule has 4 nitrogen and oxygen atoms in total. The third-order valence-corrected chi connectivity index (χ3v) is 3.59. The van der Waals surface area contributed by atoms with Crippen molar-refractivity contribution in [2.24, 2.45) is 0 Å². The molecule has 2 N–H and O–H groups in total. The number of benzene rings is 2. The summed E-state index contributed by atoms with van der Waals surface area (Å²) in [7, 11) is 0. The van der Waals surface area contributed by atoms with Crippen LogP contribution in [0, 0.1) is 17.1 Å². The first-order valence-corrected chi connectivity index (χ1v) is 7.11. The second-order valence-electron chi connectivity index (χ2n) is 4.83. The van der Waals surface area contributed by atoms with E-state index < -0.39 is 0 Å². The average molecular weight is 315 g/mol. The molecule has 1 aromatic heterocycles. The molecule has 0 fully saturated rings. The lowest BCUT2D eigenvalue weighted by Crippen LogP contribution is -2.05. The second-order valence-corrected chi connectivity index (χ2v) is 5.24. The van der Waals surface area contributed by atoms with Gasteiger partial charge in [-0.05, 0) is 36.4 Å². The summed E-state index contributed by atoms with van der Waals surface area (Å²) in [6, 6.07) is 11.7. The lowest BCUT2D eigenvalue weighted by atomic mass is 10.2. The van der Waals surface area contributed by atoms with Gasteiger partial charge in [0, 0.05) is 18.7 Å². The predicted molar refractivity (Wildman–Crippen MR) is 84.4 cm³/mol. The molecule has 0 spiro atoms. The Bertz CT molecular complexity index is 866. The smallest absolute Gasteiger partial charge is 0.125 e. The van der Waals surface area contributed by atoms with Gasteiger partial charge in [0.05, 0.1) is 21.6 Å². The van der Waals surface area contributed by atoms with Crippen molar-refractivity contribution in [3.63, 3.8) is 0 Å². The molecule has 0 amide bonds. The molecule has 2 aromatic carbocycles. The molecular formula is C16H12ClFN4. The molecule has 0 atom stereocenters. The summed E-state index contributed by atoms with van der Waals surface area (Å²) in [6.45, 7) is 0.643. The van der Waals surface area contributed by atoms with Gasteiger partial charge in [0.25, 0.3) is 0 Å². The van der Waals surface area contributed by atoms with Gasteiger partial charge in [0.2, 0.25) is 0 Å². The van der Waals surface area contributed by atoms with E-state index in [0.29, 0.717) is 29.1 Å². The van der Waals surface area contributed by atoms with Gasteiger partial charge < -0.3 is 10.3 Å². The zero-order chi connectivity index (χ0) is 15.5. The Morgan fingerprint density at radius 1 is 1.27 bits per heavy atom. The fourth-order valence-corrected chi connectivity index (χ4v) is 2.42. The van der Waals surface area contributed by atoms with Crippen LogP contribution in [-0.2, 0) is 6.42 Å². The minimum absolute atomic E-state index is 0.284.